The van der Waals surface area contributed by atoms with E-state index in [4.69, 9.17) is 0 Å². The van der Waals surface area contributed by atoms with Crippen LogP contribution in [-0.4, -0.2) is 21.3 Å². The largest absolute Gasteiger partial charge is 0.374 e. The Labute approximate surface area is 171 Å². The third kappa shape index (κ3) is 4.26. The van der Waals surface area contributed by atoms with Crippen molar-refractivity contribution in [1.29, 1.82) is 0 Å². The third-order valence-electron chi connectivity index (χ3n) is 5.16. The average molecular weight is 393 g/mol. The van der Waals surface area contributed by atoms with Gasteiger partial charge in [0.2, 0.25) is 5.91 Å². The summed E-state index contributed by atoms with van der Waals surface area (Å²) in [5, 5.41) is 6.00. The summed E-state index contributed by atoms with van der Waals surface area (Å²) in [7, 11) is 1.80. The standard InChI is InChI=1S/C23H28N4O2/c1-15(2)18-11-13-19(14-12-18)24-16(3)22(28)25-21-17(4)26(5)27(23(21)29)20-9-7-6-8-10-20/h6-16,24H,1-5H3,(H,25,28)/t16-/m0/s1. The summed E-state index contributed by atoms with van der Waals surface area (Å²) in [4.78, 5) is 25.7. The van der Waals surface area contributed by atoms with E-state index in [1.165, 1.54) is 5.56 Å². The fourth-order valence-corrected chi connectivity index (χ4v) is 3.22. The summed E-state index contributed by atoms with van der Waals surface area (Å²) in [6, 6.07) is 16.9. The molecule has 1 heterocycles. The van der Waals surface area contributed by atoms with Crippen LogP contribution in [0.1, 0.15) is 37.9 Å². The number of nitrogens with zero attached hydrogens (tertiary/aromatic N) is 2. The van der Waals surface area contributed by atoms with E-state index in [0.29, 0.717) is 17.3 Å². The lowest BCUT2D eigenvalue weighted by atomic mass is 10.0. The fraction of sp³-hybridized carbons (Fsp3) is 0.304. The number of anilines is 2. The summed E-state index contributed by atoms with van der Waals surface area (Å²) >= 11 is 0. The van der Waals surface area contributed by atoms with Gasteiger partial charge in [-0.25, -0.2) is 4.68 Å². The molecule has 0 radical (unpaired) electrons. The molecular weight excluding hydrogens is 364 g/mol. The predicted molar refractivity (Wildman–Crippen MR) is 118 cm³/mol. The number of nitrogens with one attached hydrogen (secondary N) is 2. The van der Waals surface area contributed by atoms with Crippen LogP contribution in [0.15, 0.2) is 59.4 Å². The molecule has 29 heavy (non-hydrogen) atoms. The Morgan fingerprint density at radius 1 is 0.966 bits per heavy atom. The number of carbonyl (C=O) groups is 1. The van der Waals surface area contributed by atoms with Gasteiger partial charge in [-0.1, -0.05) is 44.2 Å². The second-order valence-electron chi connectivity index (χ2n) is 7.57. The minimum absolute atomic E-state index is 0.252. The monoisotopic (exact) mass is 392 g/mol. The molecule has 1 amide bonds. The molecule has 2 aromatic carbocycles. The van der Waals surface area contributed by atoms with Crippen molar-refractivity contribution in [3.8, 4) is 5.69 Å². The van der Waals surface area contributed by atoms with Crippen LogP contribution in [0.3, 0.4) is 0 Å². The van der Waals surface area contributed by atoms with E-state index in [1.807, 2.05) is 49.4 Å². The van der Waals surface area contributed by atoms with Crippen molar-refractivity contribution < 1.29 is 4.79 Å². The Kier molecular flexibility index (Phi) is 5.92. The molecule has 0 aliphatic rings. The minimum Gasteiger partial charge on any atom is -0.374 e. The second-order valence-corrected chi connectivity index (χ2v) is 7.57. The van der Waals surface area contributed by atoms with Crippen molar-refractivity contribution in [2.24, 2.45) is 7.05 Å². The lowest BCUT2D eigenvalue weighted by molar-refractivity contribution is -0.116. The number of hydrogen-bond acceptors (Lipinski definition) is 3. The van der Waals surface area contributed by atoms with Crippen molar-refractivity contribution >= 4 is 17.3 Å². The lowest BCUT2D eigenvalue weighted by Gasteiger charge is -2.15. The van der Waals surface area contributed by atoms with Crippen molar-refractivity contribution in [2.75, 3.05) is 10.6 Å². The van der Waals surface area contributed by atoms with Crippen molar-refractivity contribution in [3.63, 3.8) is 0 Å². The SMILES string of the molecule is Cc1c(NC(=O)[C@H](C)Nc2ccc(C(C)C)cc2)c(=O)n(-c2ccccc2)n1C. The zero-order valence-corrected chi connectivity index (χ0v) is 17.6. The van der Waals surface area contributed by atoms with Crippen LogP contribution < -0.4 is 16.2 Å². The van der Waals surface area contributed by atoms with E-state index >= 15 is 0 Å². The predicted octanol–water partition coefficient (Wildman–Crippen LogP) is 4.05. The van der Waals surface area contributed by atoms with Crippen molar-refractivity contribution in [3.05, 3.63) is 76.2 Å². The summed E-state index contributed by atoms with van der Waals surface area (Å²) in [6.07, 6.45) is 0. The highest BCUT2D eigenvalue weighted by molar-refractivity contribution is 5.96. The first-order chi connectivity index (χ1) is 13.8. The normalized spacial score (nSPS) is 12.1. The lowest BCUT2D eigenvalue weighted by Crippen LogP contribution is -2.33. The maximum absolute atomic E-state index is 12.9. The number of para-hydroxylation sites is 1. The molecule has 1 aromatic heterocycles. The molecular formula is C23H28N4O2. The smallest absolute Gasteiger partial charge is 0.295 e. The molecule has 6 nitrogen and oxygen atoms in total. The van der Waals surface area contributed by atoms with Crippen LogP contribution in [0, 0.1) is 6.92 Å². The van der Waals surface area contributed by atoms with Gasteiger partial charge in [0.05, 0.1) is 11.4 Å². The van der Waals surface area contributed by atoms with Gasteiger partial charge in [0.1, 0.15) is 11.7 Å². The van der Waals surface area contributed by atoms with E-state index < -0.39 is 6.04 Å². The van der Waals surface area contributed by atoms with E-state index in [-0.39, 0.29) is 11.5 Å². The van der Waals surface area contributed by atoms with E-state index in [2.05, 4.69) is 36.6 Å². The number of rotatable bonds is 6. The molecule has 0 spiro atoms. The molecule has 0 saturated heterocycles. The maximum atomic E-state index is 12.9. The van der Waals surface area contributed by atoms with Gasteiger partial charge in [0.25, 0.3) is 5.56 Å². The van der Waals surface area contributed by atoms with Crippen LogP contribution in [-0.2, 0) is 11.8 Å². The Morgan fingerprint density at radius 3 is 2.17 bits per heavy atom. The molecule has 2 N–H and O–H groups in total. The van der Waals surface area contributed by atoms with Gasteiger partial charge < -0.3 is 10.6 Å². The first-order valence-electron chi connectivity index (χ1n) is 9.81. The number of amides is 1. The molecule has 0 bridgehead atoms. The number of aromatic nitrogens is 2. The molecule has 0 fully saturated rings. The van der Waals surface area contributed by atoms with Crippen LogP contribution in [0.5, 0.6) is 0 Å². The van der Waals surface area contributed by atoms with Gasteiger partial charge in [0.15, 0.2) is 0 Å². The molecule has 1 atom stereocenters. The van der Waals surface area contributed by atoms with Gasteiger partial charge in [-0.15, -0.1) is 0 Å². The van der Waals surface area contributed by atoms with Crippen molar-refractivity contribution in [2.45, 2.75) is 39.7 Å². The van der Waals surface area contributed by atoms with Gasteiger partial charge in [-0.3, -0.25) is 14.3 Å². The van der Waals surface area contributed by atoms with E-state index in [0.717, 1.165) is 11.4 Å². The molecule has 0 saturated carbocycles. The van der Waals surface area contributed by atoms with Gasteiger partial charge in [0, 0.05) is 12.7 Å². The molecule has 152 valence electrons. The molecule has 0 aliphatic carbocycles. The quantitative estimate of drug-likeness (QED) is 0.665. The first-order valence-corrected chi connectivity index (χ1v) is 9.81. The van der Waals surface area contributed by atoms with Crippen molar-refractivity contribution in [1.82, 2.24) is 9.36 Å². The van der Waals surface area contributed by atoms with Gasteiger partial charge in [-0.05, 0) is 49.6 Å². The van der Waals surface area contributed by atoms with Gasteiger partial charge in [-0.2, -0.15) is 0 Å². The summed E-state index contributed by atoms with van der Waals surface area (Å²) in [5.41, 5.74) is 3.60. The number of carbonyl (C=O) groups excluding carboxylic acids is 1. The summed E-state index contributed by atoms with van der Waals surface area (Å²) in [6.45, 7) is 7.88. The van der Waals surface area contributed by atoms with E-state index in [9.17, 15) is 9.59 Å². The summed E-state index contributed by atoms with van der Waals surface area (Å²) in [5.74, 6) is 0.196. The molecule has 0 aliphatic heterocycles. The van der Waals surface area contributed by atoms with Crippen LogP contribution >= 0.6 is 0 Å². The number of hydrogen-bond donors (Lipinski definition) is 2. The summed E-state index contributed by atoms with van der Waals surface area (Å²) < 4.78 is 3.30. The zero-order valence-electron chi connectivity index (χ0n) is 17.6. The average Bonchev–Trinajstić information content (AvgIpc) is 2.92. The second kappa shape index (κ2) is 8.39. The molecule has 0 unspecified atom stereocenters. The van der Waals surface area contributed by atoms with E-state index in [1.54, 1.807) is 23.3 Å². The molecule has 3 aromatic rings. The molecule has 3 rings (SSSR count). The van der Waals surface area contributed by atoms with Crippen LogP contribution in [0.4, 0.5) is 11.4 Å². The highest BCUT2D eigenvalue weighted by Crippen LogP contribution is 2.18. The highest BCUT2D eigenvalue weighted by Gasteiger charge is 2.20. The fourth-order valence-electron chi connectivity index (χ4n) is 3.22. The Balaban J connectivity index is 1.77. The van der Waals surface area contributed by atoms with Gasteiger partial charge >= 0.3 is 0 Å². The minimum atomic E-state index is -0.496. The molecule has 6 heteroatoms. The Morgan fingerprint density at radius 2 is 1.59 bits per heavy atom. The first kappa shape index (κ1) is 20.5. The Hall–Kier alpha value is -3.28. The van der Waals surface area contributed by atoms with Crippen LogP contribution in [0.25, 0.3) is 5.69 Å². The zero-order chi connectivity index (χ0) is 21.1. The topological polar surface area (TPSA) is 68.1 Å². The highest BCUT2D eigenvalue weighted by atomic mass is 16.2. The van der Waals surface area contributed by atoms with Crippen LogP contribution in [0.2, 0.25) is 0 Å². The maximum Gasteiger partial charge on any atom is 0.295 e. The third-order valence-corrected chi connectivity index (χ3v) is 5.16. The Bertz CT molecular complexity index is 1050. The number of benzene rings is 2.